The van der Waals surface area contributed by atoms with Crippen molar-refractivity contribution in [1.82, 2.24) is 5.32 Å². The SMILES string of the molecule is C=CCC(/C=C(\Sc1ccccc1)C(=O)NCc1ccccc1)(C(=O)OCC)C(=O)OCC. The molecule has 174 valence electrons. The highest BCUT2D eigenvalue weighted by atomic mass is 32.2. The van der Waals surface area contributed by atoms with Crippen LogP contribution in [0.25, 0.3) is 0 Å². The minimum atomic E-state index is -1.82. The molecule has 2 rings (SSSR count). The molecule has 0 aliphatic rings. The first kappa shape index (κ1) is 25.9. The number of esters is 2. The Morgan fingerprint density at radius 2 is 1.48 bits per heavy atom. The predicted molar refractivity (Wildman–Crippen MR) is 129 cm³/mol. The van der Waals surface area contributed by atoms with Crippen LogP contribution in [0, 0.1) is 5.41 Å². The number of rotatable bonds is 12. The highest BCUT2D eigenvalue weighted by Gasteiger charge is 2.47. The van der Waals surface area contributed by atoms with Gasteiger partial charge in [-0.1, -0.05) is 66.4 Å². The van der Waals surface area contributed by atoms with E-state index < -0.39 is 23.3 Å². The first-order valence-electron chi connectivity index (χ1n) is 10.7. The first-order valence-corrected chi connectivity index (χ1v) is 11.5. The van der Waals surface area contributed by atoms with Gasteiger partial charge in [-0.3, -0.25) is 14.4 Å². The van der Waals surface area contributed by atoms with Crippen LogP contribution in [0.5, 0.6) is 0 Å². The molecule has 7 heteroatoms. The molecular formula is C26H29NO5S. The van der Waals surface area contributed by atoms with Crippen molar-refractivity contribution in [2.75, 3.05) is 13.2 Å². The normalized spacial score (nSPS) is 11.4. The molecule has 2 aromatic carbocycles. The van der Waals surface area contributed by atoms with E-state index in [4.69, 9.17) is 9.47 Å². The van der Waals surface area contributed by atoms with Crippen LogP contribution in [-0.2, 0) is 30.4 Å². The Morgan fingerprint density at radius 3 is 2.00 bits per heavy atom. The number of hydrogen-bond acceptors (Lipinski definition) is 6. The third-order valence-electron chi connectivity index (χ3n) is 4.61. The van der Waals surface area contributed by atoms with Crippen molar-refractivity contribution in [2.24, 2.45) is 5.41 Å². The van der Waals surface area contributed by atoms with Crippen LogP contribution in [0.3, 0.4) is 0 Å². The molecule has 0 atom stereocenters. The Hall–Kier alpha value is -3.32. The zero-order chi connectivity index (χ0) is 24.1. The molecule has 0 bridgehead atoms. The Bertz CT molecular complexity index is 955. The highest BCUT2D eigenvalue weighted by molar-refractivity contribution is 8.04. The fraction of sp³-hybridized carbons (Fsp3) is 0.269. The molecule has 33 heavy (non-hydrogen) atoms. The molecule has 1 N–H and O–H groups in total. The fourth-order valence-corrected chi connectivity index (χ4v) is 3.99. The highest BCUT2D eigenvalue weighted by Crippen LogP contribution is 2.36. The minimum Gasteiger partial charge on any atom is -0.465 e. The minimum absolute atomic E-state index is 0.0739. The number of amides is 1. The monoisotopic (exact) mass is 467 g/mol. The van der Waals surface area contributed by atoms with Crippen LogP contribution in [0.15, 0.2) is 89.2 Å². The van der Waals surface area contributed by atoms with Gasteiger partial charge in [0, 0.05) is 11.4 Å². The maximum atomic E-state index is 13.2. The third-order valence-corrected chi connectivity index (χ3v) is 5.64. The summed E-state index contributed by atoms with van der Waals surface area (Å²) in [5.41, 5.74) is -0.905. The van der Waals surface area contributed by atoms with Crippen LogP contribution in [-0.4, -0.2) is 31.1 Å². The zero-order valence-electron chi connectivity index (χ0n) is 18.9. The number of nitrogens with one attached hydrogen (secondary N) is 1. The summed E-state index contributed by atoms with van der Waals surface area (Å²) in [5, 5.41) is 2.87. The molecule has 0 heterocycles. The Balaban J connectivity index is 2.50. The second-order valence-electron chi connectivity index (χ2n) is 7.00. The number of carbonyl (C=O) groups is 3. The lowest BCUT2D eigenvalue weighted by Gasteiger charge is -2.26. The van der Waals surface area contributed by atoms with E-state index in [1.54, 1.807) is 13.8 Å². The van der Waals surface area contributed by atoms with Gasteiger partial charge in [-0.05, 0) is 44.0 Å². The number of benzene rings is 2. The maximum Gasteiger partial charge on any atom is 0.327 e. The van der Waals surface area contributed by atoms with E-state index in [0.29, 0.717) is 6.54 Å². The van der Waals surface area contributed by atoms with Crippen molar-refractivity contribution in [2.45, 2.75) is 31.7 Å². The summed E-state index contributed by atoms with van der Waals surface area (Å²) in [7, 11) is 0. The van der Waals surface area contributed by atoms with Crippen molar-refractivity contribution < 1.29 is 23.9 Å². The molecule has 0 saturated heterocycles. The van der Waals surface area contributed by atoms with E-state index in [0.717, 1.165) is 22.2 Å². The van der Waals surface area contributed by atoms with Gasteiger partial charge >= 0.3 is 11.9 Å². The summed E-state index contributed by atoms with van der Waals surface area (Å²) in [6.45, 7) is 7.43. The van der Waals surface area contributed by atoms with E-state index in [1.165, 1.54) is 12.2 Å². The van der Waals surface area contributed by atoms with E-state index in [2.05, 4.69) is 11.9 Å². The van der Waals surface area contributed by atoms with Gasteiger partial charge in [0.05, 0.1) is 18.1 Å². The average Bonchev–Trinajstić information content (AvgIpc) is 2.83. The molecule has 0 aliphatic carbocycles. The molecule has 6 nitrogen and oxygen atoms in total. The van der Waals surface area contributed by atoms with Gasteiger partial charge in [0.2, 0.25) is 0 Å². The smallest absolute Gasteiger partial charge is 0.327 e. The Kier molecular flexibility index (Phi) is 10.4. The van der Waals surface area contributed by atoms with Crippen molar-refractivity contribution in [3.63, 3.8) is 0 Å². The van der Waals surface area contributed by atoms with Gasteiger partial charge in [0.25, 0.3) is 5.91 Å². The Morgan fingerprint density at radius 1 is 0.939 bits per heavy atom. The quantitative estimate of drug-likeness (QED) is 0.161. The molecule has 0 saturated carbocycles. The predicted octanol–water partition coefficient (Wildman–Crippen LogP) is 4.67. The summed E-state index contributed by atoms with van der Waals surface area (Å²) in [5.74, 6) is -1.99. The van der Waals surface area contributed by atoms with Crippen LogP contribution < -0.4 is 5.32 Å². The molecule has 2 aromatic rings. The van der Waals surface area contributed by atoms with Gasteiger partial charge in [0.1, 0.15) is 0 Å². The van der Waals surface area contributed by atoms with E-state index in [1.807, 2.05) is 60.7 Å². The first-order chi connectivity index (χ1) is 16.0. The van der Waals surface area contributed by atoms with Gasteiger partial charge < -0.3 is 14.8 Å². The van der Waals surface area contributed by atoms with E-state index >= 15 is 0 Å². The van der Waals surface area contributed by atoms with E-state index in [-0.39, 0.29) is 24.5 Å². The summed E-state index contributed by atoms with van der Waals surface area (Å²) >= 11 is 1.15. The standard InChI is InChI=1S/C26H29NO5S/c1-4-17-26(24(29)31-5-2,25(30)32-6-3)18-22(33-21-15-11-8-12-16-21)23(28)27-19-20-13-9-7-10-14-20/h4,7-16,18H,1,5-6,17,19H2,2-3H3,(H,27,28)/b22-18-. The lowest BCUT2D eigenvalue weighted by Crippen LogP contribution is -2.41. The molecular weight excluding hydrogens is 438 g/mol. The van der Waals surface area contributed by atoms with Gasteiger partial charge in [0.15, 0.2) is 5.41 Å². The molecule has 1 amide bonds. The molecule has 0 spiro atoms. The van der Waals surface area contributed by atoms with Crippen molar-refractivity contribution in [3.05, 3.63) is 89.9 Å². The summed E-state index contributed by atoms with van der Waals surface area (Å²) < 4.78 is 10.4. The lowest BCUT2D eigenvalue weighted by molar-refractivity contribution is -0.167. The van der Waals surface area contributed by atoms with Gasteiger partial charge in [-0.2, -0.15) is 0 Å². The van der Waals surface area contributed by atoms with E-state index in [9.17, 15) is 14.4 Å². The molecule has 0 aliphatic heterocycles. The number of thioether (sulfide) groups is 1. The van der Waals surface area contributed by atoms with Gasteiger partial charge in [-0.15, -0.1) is 6.58 Å². The third kappa shape index (κ3) is 7.36. The van der Waals surface area contributed by atoms with Crippen LogP contribution in [0.2, 0.25) is 0 Å². The van der Waals surface area contributed by atoms with Gasteiger partial charge in [-0.25, -0.2) is 0 Å². The molecule has 0 unspecified atom stereocenters. The Labute approximate surface area is 199 Å². The summed E-state index contributed by atoms with van der Waals surface area (Å²) in [4.78, 5) is 40.2. The fourth-order valence-electron chi connectivity index (χ4n) is 3.02. The van der Waals surface area contributed by atoms with Crippen LogP contribution in [0.1, 0.15) is 25.8 Å². The van der Waals surface area contributed by atoms with Crippen molar-refractivity contribution >= 4 is 29.6 Å². The second kappa shape index (κ2) is 13.3. The second-order valence-corrected chi connectivity index (χ2v) is 8.11. The van der Waals surface area contributed by atoms with Crippen LogP contribution in [0.4, 0.5) is 0 Å². The molecule has 0 aromatic heterocycles. The number of hydrogen-bond donors (Lipinski definition) is 1. The number of ether oxygens (including phenoxy) is 2. The number of carbonyl (C=O) groups excluding carboxylic acids is 3. The average molecular weight is 468 g/mol. The topological polar surface area (TPSA) is 81.7 Å². The molecule has 0 fully saturated rings. The van der Waals surface area contributed by atoms with Crippen LogP contribution >= 0.6 is 11.8 Å². The summed E-state index contributed by atoms with van der Waals surface area (Å²) in [6.07, 6.45) is 2.72. The largest absolute Gasteiger partial charge is 0.465 e. The zero-order valence-corrected chi connectivity index (χ0v) is 19.7. The summed E-state index contributed by atoms with van der Waals surface area (Å²) in [6, 6.07) is 18.7. The van der Waals surface area contributed by atoms with Crippen molar-refractivity contribution in [3.8, 4) is 0 Å². The molecule has 0 radical (unpaired) electrons. The number of allylic oxidation sites excluding steroid dienone is 1. The maximum absolute atomic E-state index is 13.2. The van der Waals surface area contributed by atoms with Crippen molar-refractivity contribution in [1.29, 1.82) is 0 Å². The lowest BCUT2D eigenvalue weighted by atomic mass is 9.83.